The normalized spacial score (nSPS) is 16.8. The molecule has 0 unspecified atom stereocenters. The lowest BCUT2D eigenvalue weighted by atomic mass is 9.95. The Morgan fingerprint density at radius 1 is 1.50 bits per heavy atom. The number of rotatable bonds is 3. The molecule has 18 heavy (non-hydrogen) atoms. The van der Waals surface area contributed by atoms with Crippen LogP contribution < -0.4 is 0 Å². The molecule has 0 amide bonds. The lowest BCUT2D eigenvalue weighted by Crippen LogP contribution is -2.19. The zero-order chi connectivity index (χ0) is 13.1. The molecule has 0 N–H and O–H groups in total. The average molecular weight is 252 g/mol. The molecule has 2 heterocycles. The third-order valence-electron chi connectivity index (χ3n) is 3.42. The van der Waals surface area contributed by atoms with Crippen LogP contribution in [0.2, 0.25) is 0 Å². The molecule has 0 atom stereocenters. The Hall–Kier alpha value is -1.36. The van der Waals surface area contributed by atoms with E-state index in [-0.39, 0.29) is 5.97 Å². The summed E-state index contributed by atoms with van der Waals surface area (Å²) >= 11 is 0. The predicted octanol–water partition coefficient (Wildman–Crippen LogP) is 1.80. The van der Waals surface area contributed by atoms with E-state index in [0.29, 0.717) is 18.2 Å². The number of hydrogen-bond acceptors (Lipinski definition) is 4. The van der Waals surface area contributed by atoms with Crippen molar-refractivity contribution in [1.82, 2.24) is 9.55 Å². The predicted molar refractivity (Wildman–Crippen MR) is 66.7 cm³/mol. The van der Waals surface area contributed by atoms with Crippen LogP contribution in [0.3, 0.4) is 0 Å². The van der Waals surface area contributed by atoms with Crippen molar-refractivity contribution < 1.29 is 14.3 Å². The highest BCUT2D eigenvalue weighted by Gasteiger charge is 2.27. The third kappa shape index (κ3) is 2.41. The van der Waals surface area contributed by atoms with Crippen LogP contribution in [-0.2, 0) is 16.5 Å². The van der Waals surface area contributed by atoms with Crippen molar-refractivity contribution in [2.75, 3.05) is 19.8 Å². The highest BCUT2D eigenvalue weighted by atomic mass is 16.5. The molecule has 0 radical (unpaired) electrons. The van der Waals surface area contributed by atoms with Gasteiger partial charge in [-0.3, -0.25) is 0 Å². The molecule has 5 heteroatoms. The van der Waals surface area contributed by atoms with Crippen LogP contribution in [-0.4, -0.2) is 35.3 Å². The van der Waals surface area contributed by atoms with Gasteiger partial charge in [0.25, 0.3) is 0 Å². The van der Waals surface area contributed by atoms with Gasteiger partial charge < -0.3 is 14.0 Å². The van der Waals surface area contributed by atoms with Gasteiger partial charge in [-0.05, 0) is 26.7 Å². The fourth-order valence-electron chi connectivity index (χ4n) is 2.33. The van der Waals surface area contributed by atoms with E-state index in [1.165, 1.54) is 0 Å². The molecule has 1 aromatic heterocycles. The molecule has 1 aliphatic heterocycles. The third-order valence-corrected chi connectivity index (χ3v) is 3.42. The lowest BCUT2D eigenvalue weighted by molar-refractivity contribution is 0.0507. The van der Waals surface area contributed by atoms with Gasteiger partial charge in [-0.1, -0.05) is 0 Å². The first-order chi connectivity index (χ1) is 8.65. The van der Waals surface area contributed by atoms with Gasteiger partial charge >= 0.3 is 5.97 Å². The summed E-state index contributed by atoms with van der Waals surface area (Å²) in [5.41, 5.74) is 1.47. The molecule has 0 spiro atoms. The van der Waals surface area contributed by atoms with Gasteiger partial charge in [0.1, 0.15) is 5.82 Å². The Bertz CT molecular complexity index is 434. The Morgan fingerprint density at radius 2 is 2.17 bits per heavy atom. The van der Waals surface area contributed by atoms with E-state index in [4.69, 9.17) is 9.47 Å². The zero-order valence-corrected chi connectivity index (χ0v) is 11.2. The van der Waals surface area contributed by atoms with E-state index in [1.54, 1.807) is 0 Å². The standard InChI is InChI=1S/C13H20N2O3/c1-4-18-13(16)12-11(14-9(2)15(12)3)10-5-7-17-8-6-10/h10H,4-8H2,1-3H3. The Morgan fingerprint density at radius 3 is 2.78 bits per heavy atom. The number of carbonyl (C=O) groups is 1. The van der Waals surface area contributed by atoms with Crippen molar-refractivity contribution in [1.29, 1.82) is 0 Å². The minimum absolute atomic E-state index is 0.276. The van der Waals surface area contributed by atoms with Gasteiger partial charge in [-0.15, -0.1) is 0 Å². The molecular weight excluding hydrogens is 232 g/mol. The van der Waals surface area contributed by atoms with Crippen molar-refractivity contribution in [3.8, 4) is 0 Å². The molecule has 1 aromatic rings. The van der Waals surface area contributed by atoms with Crippen LogP contribution in [0.25, 0.3) is 0 Å². The van der Waals surface area contributed by atoms with Crippen molar-refractivity contribution in [2.45, 2.75) is 32.6 Å². The number of ether oxygens (including phenoxy) is 2. The summed E-state index contributed by atoms with van der Waals surface area (Å²) in [6.07, 6.45) is 1.84. The summed E-state index contributed by atoms with van der Waals surface area (Å²) in [6.45, 7) is 5.59. The maximum atomic E-state index is 12.0. The Labute approximate surface area is 107 Å². The molecule has 1 fully saturated rings. The molecule has 1 saturated heterocycles. The highest BCUT2D eigenvalue weighted by molar-refractivity contribution is 5.89. The number of aryl methyl sites for hydroxylation is 1. The second-order valence-corrected chi connectivity index (χ2v) is 4.56. The summed E-state index contributed by atoms with van der Waals surface area (Å²) in [7, 11) is 1.86. The molecular formula is C13H20N2O3. The van der Waals surface area contributed by atoms with Crippen LogP contribution in [0.15, 0.2) is 0 Å². The van der Waals surface area contributed by atoms with E-state index in [9.17, 15) is 4.79 Å². The van der Waals surface area contributed by atoms with Crippen molar-refractivity contribution in [2.24, 2.45) is 7.05 Å². The van der Waals surface area contributed by atoms with Crippen LogP contribution >= 0.6 is 0 Å². The van der Waals surface area contributed by atoms with Crippen LogP contribution in [0.1, 0.15) is 47.7 Å². The fraction of sp³-hybridized carbons (Fsp3) is 0.692. The first kappa shape index (κ1) is 13.1. The number of aromatic nitrogens is 2. The van der Waals surface area contributed by atoms with Crippen molar-refractivity contribution >= 4 is 5.97 Å². The molecule has 5 nitrogen and oxygen atoms in total. The first-order valence-corrected chi connectivity index (χ1v) is 6.43. The number of esters is 1. The average Bonchev–Trinajstić information content (AvgIpc) is 2.67. The second kappa shape index (κ2) is 5.52. The summed E-state index contributed by atoms with van der Waals surface area (Å²) < 4.78 is 12.3. The molecule has 2 rings (SSSR count). The maximum absolute atomic E-state index is 12.0. The maximum Gasteiger partial charge on any atom is 0.356 e. The zero-order valence-electron chi connectivity index (χ0n) is 11.2. The first-order valence-electron chi connectivity index (χ1n) is 6.43. The molecule has 0 saturated carbocycles. The fourth-order valence-corrected chi connectivity index (χ4v) is 2.33. The van der Waals surface area contributed by atoms with Gasteiger partial charge in [0, 0.05) is 26.2 Å². The molecule has 0 aromatic carbocycles. The molecule has 1 aliphatic rings. The van der Waals surface area contributed by atoms with Crippen LogP contribution in [0.4, 0.5) is 0 Å². The van der Waals surface area contributed by atoms with Gasteiger partial charge in [0.05, 0.1) is 12.3 Å². The number of imidazole rings is 1. The van der Waals surface area contributed by atoms with E-state index in [1.807, 2.05) is 25.5 Å². The van der Waals surface area contributed by atoms with Gasteiger partial charge in [-0.25, -0.2) is 9.78 Å². The van der Waals surface area contributed by atoms with Crippen molar-refractivity contribution in [3.63, 3.8) is 0 Å². The smallest absolute Gasteiger partial charge is 0.356 e. The molecule has 0 bridgehead atoms. The monoisotopic (exact) mass is 252 g/mol. The minimum Gasteiger partial charge on any atom is -0.461 e. The van der Waals surface area contributed by atoms with Crippen molar-refractivity contribution in [3.05, 3.63) is 17.2 Å². The Kier molecular flexibility index (Phi) is 4.01. The van der Waals surface area contributed by atoms with Gasteiger partial charge in [0.2, 0.25) is 0 Å². The van der Waals surface area contributed by atoms with E-state index in [0.717, 1.165) is 37.6 Å². The number of carbonyl (C=O) groups excluding carboxylic acids is 1. The second-order valence-electron chi connectivity index (χ2n) is 4.56. The highest BCUT2D eigenvalue weighted by Crippen LogP contribution is 2.29. The number of nitrogens with zero attached hydrogens (tertiary/aromatic N) is 2. The summed E-state index contributed by atoms with van der Waals surface area (Å²) in [5.74, 6) is 0.875. The quantitative estimate of drug-likeness (QED) is 0.770. The topological polar surface area (TPSA) is 53.4 Å². The summed E-state index contributed by atoms with van der Waals surface area (Å²) in [5, 5.41) is 0. The lowest BCUT2D eigenvalue weighted by Gasteiger charge is -2.21. The number of hydrogen-bond donors (Lipinski definition) is 0. The van der Waals surface area contributed by atoms with Gasteiger partial charge in [0.15, 0.2) is 5.69 Å². The van der Waals surface area contributed by atoms with Crippen LogP contribution in [0, 0.1) is 6.92 Å². The van der Waals surface area contributed by atoms with Gasteiger partial charge in [-0.2, -0.15) is 0 Å². The molecule has 0 aliphatic carbocycles. The minimum atomic E-state index is -0.276. The summed E-state index contributed by atoms with van der Waals surface area (Å²) in [4.78, 5) is 16.6. The van der Waals surface area contributed by atoms with E-state index >= 15 is 0 Å². The largest absolute Gasteiger partial charge is 0.461 e. The molecule has 100 valence electrons. The van der Waals surface area contributed by atoms with E-state index in [2.05, 4.69) is 4.98 Å². The SMILES string of the molecule is CCOC(=O)c1c(C2CCOCC2)nc(C)n1C. The van der Waals surface area contributed by atoms with E-state index < -0.39 is 0 Å². The summed E-state index contributed by atoms with van der Waals surface area (Å²) in [6, 6.07) is 0. The Balaban J connectivity index is 2.33. The van der Waals surface area contributed by atoms with Crippen LogP contribution in [0.5, 0.6) is 0 Å².